The molecule has 158 valence electrons. The van der Waals surface area contributed by atoms with E-state index in [9.17, 15) is 13.7 Å². The Bertz CT molecular complexity index is 1140. The molecular weight excluding hydrogens is 414 g/mol. The summed E-state index contributed by atoms with van der Waals surface area (Å²) < 4.78 is 28.5. The van der Waals surface area contributed by atoms with E-state index in [-0.39, 0.29) is 5.75 Å². The molecule has 0 radical (unpaired) electrons. The molecule has 30 heavy (non-hydrogen) atoms. The molecule has 0 aliphatic heterocycles. The highest BCUT2D eigenvalue weighted by Crippen LogP contribution is 2.39. The van der Waals surface area contributed by atoms with Crippen LogP contribution in [0.1, 0.15) is 49.6 Å². The molecule has 0 spiro atoms. The lowest BCUT2D eigenvalue weighted by Crippen LogP contribution is -2.06. The molecule has 3 aromatic rings. The number of imidazole rings is 1. The summed E-state index contributed by atoms with van der Waals surface area (Å²) in [5.74, 6) is 0.564. The summed E-state index contributed by atoms with van der Waals surface area (Å²) in [7, 11) is -3.40. The van der Waals surface area contributed by atoms with Gasteiger partial charge in [0.2, 0.25) is 0 Å². The van der Waals surface area contributed by atoms with E-state index in [0.717, 1.165) is 23.3 Å². The number of aromatic nitrogens is 2. The van der Waals surface area contributed by atoms with Crippen molar-refractivity contribution in [3.63, 3.8) is 0 Å². The third-order valence-corrected chi connectivity index (χ3v) is 8.40. The summed E-state index contributed by atoms with van der Waals surface area (Å²) in [4.78, 5) is 5.09. The zero-order valence-corrected chi connectivity index (χ0v) is 19.3. The largest absolute Gasteiger partial charge is 0.333 e. The number of nitriles is 1. The lowest BCUT2D eigenvalue weighted by molar-refractivity contribution is 0.595. The first-order chi connectivity index (χ1) is 14.3. The maximum Gasteiger partial charge on any atom is 0.188 e. The van der Waals surface area contributed by atoms with Gasteiger partial charge < -0.3 is 4.57 Å². The van der Waals surface area contributed by atoms with Crippen molar-refractivity contribution in [1.82, 2.24) is 9.55 Å². The maximum atomic E-state index is 13.1. The summed E-state index contributed by atoms with van der Waals surface area (Å²) in [5, 5.41) is 9.80. The van der Waals surface area contributed by atoms with Gasteiger partial charge in [0.25, 0.3) is 0 Å². The number of hydrogen-bond donors (Lipinski definition) is 0. The maximum absolute atomic E-state index is 13.1. The first kappa shape index (κ1) is 22.3. The number of nitrogens with zero attached hydrogens (tertiary/aromatic N) is 3. The highest BCUT2D eigenvalue weighted by Gasteiger charge is 2.25. The van der Waals surface area contributed by atoms with Gasteiger partial charge in [0.05, 0.1) is 23.7 Å². The molecule has 0 fully saturated rings. The molecule has 0 amide bonds. The lowest BCUT2D eigenvalue weighted by atomic mass is 9.99. The van der Waals surface area contributed by atoms with Gasteiger partial charge in [-0.3, -0.25) is 0 Å². The normalized spacial score (nSPS) is 11.7. The van der Waals surface area contributed by atoms with Crippen molar-refractivity contribution >= 4 is 21.2 Å². The van der Waals surface area contributed by atoms with Crippen LogP contribution in [-0.2, 0) is 22.8 Å². The molecule has 1 aromatic carbocycles. The van der Waals surface area contributed by atoms with Gasteiger partial charge in [0, 0.05) is 34.9 Å². The van der Waals surface area contributed by atoms with Crippen molar-refractivity contribution in [2.45, 2.75) is 50.8 Å². The number of rotatable bonds is 9. The second-order valence-electron chi connectivity index (χ2n) is 7.91. The van der Waals surface area contributed by atoms with E-state index in [1.54, 1.807) is 12.5 Å². The third kappa shape index (κ3) is 5.18. The van der Waals surface area contributed by atoms with Gasteiger partial charge in [-0.1, -0.05) is 39.3 Å². The van der Waals surface area contributed by atoms with Gasteiger partial charge in [-0.25, -0.2) is 13.4 Å². The predicted molar refractivity (Wildman–Crippen MR) is 121 cm³/mol. The molecular formula is C23H27N3O2S2. The average Bonchev–Trinajstić information content (AvgIpc) is 3.36. The van der Waals surface area contributed by atoms with Crippen LogP contribution in [0.15, 0.2) is 47.2 Å². The quantitative estimate of drug-likeness (QED) is 0.451. The number of sulfone groups is 1. The SMILES string of the molecule is CCCCS(=O)(=O)c1sc(CC(C)C)cc1-c1ccc(Cn2ccnc2)cc1C#N. The van der Waals surface area contributed by atoms with Crippen molar-refractivity contribution in [1.29, 1.82) is 5.26 Å². The van der Waals surface area contributed by atoms with Crippen LogP contribution in [-0.4, -0.2) is 23.7 Å². The van der Waals surface area contributed by atoms with Crippen molar-refractivity contribution in [2.24, 2.45) is 5.92 Å². The van der Waals surface area contributed by atoms with E-state index in [0.29, 0.717) is 39.8 Å². The fraction of sp³-hybridized carbons (Fsp3) is 0.391. The third-order valence-electron chi connectivity index (χ3n) is 4.83. The Balaban J connectivity index is 2.07. The van der Waals surface area contributed by atoms with Gasteiger partial charge in [-0.2, -0.15) is 5.26 Å². The van der Waals surface area contributed by atoms with Gasteiger partial charge in [-0.15, -0.1) is 11.3 Å². The van der Waals surface area contributed by atoms with Crippen molar-refractivity contribution < 1.29 is 8.42 Å². The van der Waals surface area contributed by atoms with Crippen molar-refractivity contribution in [3.05, 3.63) is 59.0 Å². The Morgan fingerprint density at radius 2 is 2.03 bits per heavy atom. The molecule has 3 rings (SSSR count). The van der Waals surface area contributed by atoms with E-state index in [1.807, 2.05) is 42.0 Å². The van der Waals surface area contributed by atoms with Crippen LogP contribution in [0.2, 0.25) is 0 Å². The number of benzene rings is 1. The first-order valence-electron chi connectivity index (χ1n) is 10.2. The molecule has 7 heteroatoms. The van der Waals surface area contributed by atoms with Gasteiger partial charge in [-0.05, 0) is 36.5 Å². The Morgan fingerprint density at radius 1 is 1.23 bits per heavy atom. The molecule has 0 saturated heterocycles. The minimum absolute atomic E-state index is 0.138. The lowest BCUT2D eigenvalue weighted by Gasteiger charge is -2.09. The van der Waals surface area contributed by atoms with Crippen LogP contribution in [0.5, 0.6) is 0 Å². The Labute approximate surface area is 182 Å². The molecule has 2 heterocycles. The molecule has 0 aliphatic carbocycles. The zero-order valence-electron chi connectivity index (χ0n) is 17.6. The van der Waals surface area contributed by atoms with Crippen LogP contribution >= 0.6 is 11.3 Å². The number of thiophene rings is 1. The van der Waals surface area contributed by atoms with Gasteiger partial charge >= 0.3 is 0 Å². The highest BCUT2D eigenvalue weighted by molar-refractivity contribution is 7.93. The Kier molecular flexibility index (Phi) is 7.11. The van der Waals surface area contributed by atoms with Crippen molar-refractivity contribution in [3.8, 4) is 17.2 Å². The van der Waals surface area contributed by atoms with Crippen LogP contribution in [0.3, 0.4) is 0 Å². The smallest absolute Gasteiger partial charge is 0.188 e. The van der Waals surface area contributed by atoms with E-state index in [2.05, 4.69) is 24.9 Å². The molecule has 0 unspecified atom stereocenters. The van der Waals surface area contributed by atoms with Crippen LogP contribution < -0.4 is 0 Å². The molecule has 5 nitrogen and oxygen atoms in total. The van der Waals surface area contributed by atoms with Gasteiger partial charge in [0.1, 0.15) is 4.21 Å². The van der Waals surface area contributed by atoms with Crippen LogP contribution in [0.25, 0.3) is 11.1 Å². The first-order valence-corrected chi connectivity index (χ1v) is 12.7. The second-order valence-corrected chi connectivity index (χ2v) is 11.4. The van der Waals surface area contributed by atoms with Crippen LogP contribution in [0, 0.1) is 17.2 Å². The van der Waals surface area contributed by atoms with E-state index in [4.69, 9.17) is 0 Å². The minimum atomic E-state index is -3.40. The van der Waals surface area contributed by atoms with Crippen LogP contribution in [0.4, 0.5) is 0 Å². The van der Waals surface area contributed by atoms with Crippen molar-refractivity contribution in [2.75, 3.05) is 5.75 Å². The minimum Gasteiger partial charge on any atom is -0.333 e. The van der Waals surface area contributed by atoms with E-state index >= 15 is 0 Å². The molecule has 0 atom stereocenters. The summed E-state index contributed by atoms with van der Waals surface area (Å²) in [6.45, 7) is 6.84. The Morgan fingerprint density at radius 3 is 2.67 bits per heavy atom. The fourth-order valence-electron chi connectivity index (χ4n) is 3.38. The summed E-state index contributed by atoms with van der Waals surface area (Å²) in [6.07, 6.45) is 7.60. The summed E-state index contributed by atoms with van der Waals surface area (Å²) in [6, 6.07) is 9.92. The molecule has 0 saturated carbocycles. The Hall–Kier alpha value is -2.43. The summed E-state index contributed by atoms with van der Waals surface area (Å²) >= 11 is 1.36. The average molecular weight is 442 g/mol. The summed E-state index contributed by atoms with van der Waals surface area (Å²) in [5.41, 5.74) is 2.82. The number of unbranched alkanes of at least 4 members (excludes halogenated alkanes) is 1. The topological polar surface area (TPSA) is 75.8 Å². The molecule has 2 aromatic heterocycles. The van der Waals surface area contributed by atoms with E-state index < -0.39 is 9.84 Å². The van der Waals surface area contributed by atoms with E-state index in [1.165, 1.54) is 11.3 Å². The second kappa shape index (κ2) is 9.59. The van der Waals surface area contributed by atoms with Gasteiger partial charge in [0.15, 0.2) is 9.84 Å². The molecule has 0 bridgehead atoms. The predicted octanol–water partition coefficient (Wildman–Crippen LogP) is 5.30. The number of hydrogen-bond acceptors (Lipinski definition) is 5. The standard InChI is InChI=1S/C23H27N3O2S2/c1-4-5-10-30(27,28)23-22(13-20(29-23)11-17(2)3)21-7-6-18(12-19(21)14-24)15-26-9-8-25-16-26/h6-9,12-13,16-17H,4-5,10-11,15H2,1-3H3. The fourth-order valence-corrected chi connectivity index (χ4v) is 6.93. The highest BCUT2D eigenvalue weighted by atomic mass is 32.2. The molecule has 0 N–H and O–H groups in total. The zero-order chi connectivity index (χ0) is 21.7. The monoisotopic (exact) mass is 441 g/mol. The molecule has 0 aliphatic rings.